The molecule has 1 aromatic heterocycles. The normalized spacial score (nSPS) is 17.1. The van der Waals surface area contributed by atoms with Crippen LogP contribution in [0.15, 0.2) is 47.6 Å². The smallest absolute Gasteiger partial charge is 0.387 e. The minimum Gasteiger partial charge on any atom is -0.434 e. The van der Waals surface area contributed by atoms with Crippen LogP contribution in [0.25, 0.3) is 0 Å². The minimum atomic E-state index is -2.88. The van der Waals surface area contributed by atoms with E-state index in [1.165, 1.54) is 12.1 Å². The van der Waals surface area contributed by atoms with Crippen LogP contribution in [0.1, 0.15) is 12.0 Å². The topological polar surface area (TPSA) is 61.8 Å². The van der Waals surface area contributed by atoms with Crippen molar-refractivity contribution in [2.24, 2.45) is 4.99 Å². The highest BCUT2D eigenvalue weighted by Gasteiger charge is 2.26. The second kappa shape index (κ2) is 9.29. The Balaban J connectivity index is 1.55. The number of halogens is 3. The average Bonchev–Trinajstić information content (AvgIpc) is 3.14. The van der Waals surface area contributed by atoms with Gasteiger partial charge in [-0.05, 0) is 24.6 Å². The number of rotatable bonds is 6. The first-order valence-electron chi connectivity index (χ1n) is 8.92. The Labute approximate surface area is 161 Å². The molecule has 2 heterocycles. The largest absolute Gasteiger partial charge is 0.434 e. The number of nitrogens with zero attached hydrogens (tertiary/aromatic N) is 3. The van der Waals surface area contributed by atoms with Gasteiger partial charge < -0.3 is 20.3 Å². The minimum absolute atomic E-state index is 0.0557. The van der Waals surface area contributed by atoms with Gasteiger partial charge in [0.1, 0.15) is 5.75 Å². The number of hydrogen-bond acceptors (Lipinski definition) is 4. The van der Waals surface area contributed by atoms with Crippen molar-refractivity contribution in [3.05, 3.63) is 54.0 Å². The van der Waals surface area contributed by atoms with Gasteiger partial charge in [0.05, 0.1) is 0 Å². The second-order valence-electron chi connectivity index (χ2n) is 6.30. The summed E-state index contributed by atoms with van der Waals surface area (Å²) in [6.07, 6.45) is 2.36. The van der Waals surface area contributed by atoms with Crippen LogP contribution in [-0.2, 0) is 6.54 Å². The molecule has 0 bridgehead atoms. The number of aromatic nitrogens is 1. The Morgan fingerprint density at radius 3 is 2.89 bits per heavy atom. The third-order valence-corrected chi connectivity index (χ3v) is 4.43. The van der Waals surface area contributed by atoms with E-state index in [-0.39, 0.29) is 24.2 Å². The van der Waals surface area contributed by atoms with E-state index >= 15 is 0 Å². The molecule has 1 aliphatic heterocycles. The first-order chi connectivity index (χ1) is 13.6. The van der Waals surface area contributed by atoms with Gasteiger partial charge in [0.25, 0.3) is 0 Å². The fourth-order valence-electron chi connectivity index (χ4n) is 3.11. The molecular formula is C19H22F3N5O. The Kier molecular flexibility index (Phi) is 6.57. The van der Waals surface area contributed by atoms with Gasteiger partial charge >= 0.3 is 6.61 Å². The van der Waals surface area contributed by atoms with Crippen LogP contribution in [-0.4, -0.2) is 43.7 Å². The first kappa shape index (κ1) is 19.8. The lowest BCUT2D eigenvalue weighted by molar-refractivity contribution is -0.0504. The summed E-state index contributed by atoms with van der Waals surface area (Å²) in [6.45, 7) is -1.35. The summed E-state index contributed by atoms with van der Waals surface area (Å²) < 4.78 is 43.5. The van der Waals surface area contributed by atoms with Crippen LogP contribution in [0.4, 0.5) is 19.0 Å². The maximum Gasteiger partial charge on any atom is 0.387 e. The van der Waals surface area contributed by atoms with E-state index in [2.05, 4.69) is 25.3 Å². The quantitative estimate of drug-likeness (QED) is 0.584. The number of aliphatic imine (C=N–C) groups is 1. The molecular weight excluding hydrogens is 371 g/mol. The molecule has 1 unspecified atom stereocenters. The lowest BCUT2D eigenvalue weighted by atomic mass is 10.2. The van der Waals surface area contributed by atoms with E-state index < -0.39 is 6.61 Å². The molecule has 9 heteroatoms. The highest BCUT2D eigenvalue weighted by molar-refractivity contribution is 5.80. The number of hydrogen-bond donors (Lipinski definition) is 2. The van der Waals surface area contributed by atoms with Gasteiger partial charge in [-0.15, -0.1) is 0 Å². The average molecular weight is 393 g/mol. The van der Waals surface area contributed by atoms with Gasteiger partial charge in [0, 0.05) is 44.5 Å². The van der Waals surface area contributed by atoms with Gasteiger partial charge in [0.15, 0.2) is 17.6 Å². The van der Waals surface area contributed by atoms with E-state index in [9.17, 15) is 13.2 Å². The maximum absolute atomic E-state index is 13.9. The number of benzene rings is 1. The first-order valence-corrected chi connectivity index (χ1v) is 8.92. The number of para-hydroxylation sites is 1. The molecule has 6 nitrogen and oxygen atoms in total. The van der Waals surface area contributed by atoms with E-state index in [0.29, 0.717) is 30.4 Å². The third-order valence-electron chi connectivity index (χ3n) is 4.43. The molecule has 0 amide bonds. The molecule has 28 heavy (non-hydrogen) atoms. The zero-order chi connectivity index (χ0) is 19.9. The summed E-state index contributed by atoms with van der Waals surface area (Å²) >= 11 is 0. The molecule has 1 aromatic carbocycles. The Hall–Kier alpha value is -2.97. The Morgan fingerprint density at radius 2 is 2.14 bits per heavy atom. The molecule has 0 spiro atoms. The number of pyridine rings is 1. The molecule has 0 aliphatic carbocycles. The van der Waals surface area contributed by atoms with E-state index in [4.69, 9.17) is 0 Å². The van der Waals surface area contributed by atoms with Crippen LogP contribution < -0.4 is 20.3 Å². The van der Waals surface area contributed by atoms with Crippen molar-refractivity contribution in [1.29, 1.82) is 0 Å². The predicted octanol–water partition coefficient (Wildman–Crippen LogP) is 2.77. The number of ether oxygens (including phenoxy) is 1. The summed E-state index contributed by atoms with van der Waals surface area (Å²) in [5.41, 5.74) is 0.592. The molecule has 3 rings (SSSR count). The maximum atomic E-state index is 13.9. The Morgan fingerprint density at radius 1 is 1.32 bits per heavy atom. The lowest BCUT2D eigenvalue weighted by Crippen LogP contribution is -2.44. The second-order valence-corrected chi connectivity index (χ2v) is 6.30. The number of anilines is 1. The van der Waals surface area contributed by atoms with Gasteiger partial charge in [-0.2, -0.15) is 8.78 Å². The molecule has 0 radical (unpaired) electrons. The van der Waals surface area contributed by atoms with Crippen LogP contribution >= 0.6 is 0 Å². The third kappa shape index (κ3) is 5.05. The zero-order valence-corrected chi connectivity index (χ0v) is 15.4. The van der Waals surface area contributed by atoms with Crippen molar-refractivity contribution in [2.75, 3.05) is 25.0 Å². The van der Waals surface area contributed by atoms with Crippen molar-refractivity contribution in [2.45, 2.75) is 25.6 Å². The number of alkyl halides is 2. The standard InChI is InChI=1S/C19H22F3N5O/c1-23-19(25-11-13-5-2-3-7-16(13)28-18(21)22)26-14-8-10-27(12-14)17-15(20)6-4-9-24-17/h2-7,9,14,18H,8,10-12H2,1H3,(H2,23,25,26). The molecule has 0 saturated carbocycles. The lowest BCUT2D eigenvalue weighted by Gasteiger charge is -2.20. The van der Waals surface area contributed by atoms with Gasteiger partial charge in [-0.25, -0.2) is 9.37 Å². The fraction of sp³-hybridized carbons (Fsp3) is 0.368. The van der Waals surface area contributed by atoms with Crippen LogP contribution in [0.5, 0.6) is 5.75 Å². The molecule has 2 N–H and O–H groups in total. The van der Waals surface area contributed by atoms with Crippen molar-refractivity contribution in [1.82, 2.24) is 15.6 Å². The van der Waals surface area contributed by atoms with Gasteiger partial charge in [-0.1, -0.05) is 18.2 Å². The molecule has 1 aliphatic rings. The van der Waals surface area contributed by atoms with E-state index in [0.717, 1.165) is 6.42 Å². The summed E-state index contributed by atoms with van der Waals surface area (Å²) in [7, 11) is 1.63. The molecule has 2 aromatic rings. The highest BCUT2D eigenvalue weighted by atomic mass is 19.3. The SMILES string of the molecule is CN=C(NCc1ccccc1OC(F)F)NC1CCN(c2ncccc2F)C1. The monoisotopic (exact) mass is 393 g/mol. The van der Waals surface area contributed by atoms with Crippen LogP contribution in [0, 0.1) is 5.82 Å². The van der Waals surface area contributed by atoms with Crippen molar-refractivity contribution in [3.63, 3.8) is 0 Å². The van der Waals surface area contributed by atoms with Crippen molar-refractivity contribution in [3.8, 4) is 5.75 Å². The summed E-state index contributed by atoms with van der Waals surface area (Å²) in [6, 6.07) is 9.60. The zero-order valence-electron chi connectivity index (χ0n) is 15.4. The van der Waals surface area contributed by atoms with Crippen molar-refractivity contribution < 1.29 is 17.9 Å². The highest BCUT2D eigenvalue weighted by Crippen LogP contribution is 2.21. The Bertz CT molecular complexity index is 818. The summed E-state index contributed by atoms with van der Waals surface area (Å²) in [5.74, 6) is 0.646. The number of nitrogens with one attached hydrogen (secondary N) is 2. The summed E-state index contributed by atoms with van der Waals surface area (Å²) in [5, 5.41) is 6.37. The number of guanidine groups is 1. The molecule has 1 fully saturated rings. The van der Waals surface area contributed by atoms with Gasteiger partial charge in [0.2, 0.25) is 0 Å². The molecule has 1 saturated heterocycles. The molecule has 1 atom stereocenters. The van der Waals surface area contributed by atoms with Crippen LogP contribution in [0.2, 0.25) is 0 Å². The van der Waals surface area contributed by atoms with E-state index in [1.54, 1.807) is 37.5 Å². The molecule has 150 valence electrons. The fourth-order valence-corrected chi connectivity index (χ4v) is 3.11. The van der Waals surface area contributed by atoms with Crippen LogP contribution in [0.3, 0.4) is 0 Å². The summed E-state index contributed by atoms with van der Waals surface area (Å²) in [4.78, 5) is 10.2. The predicted molar refractivity (Wildman–Crippen MR) is 101 cm³/mol. The van der Waals surface area contributed by atoms with Gasteiger partial charge in [-0.3, -0.25) is 4.99 Å². The van der Waals surface area contributed by atoms with Crippen molar-refractivity contribution >= 4 is 11.8 Å². The van der Waals surface area contributed by atoms with E-state index in [1.807, 2.05) is 4.90 Å².